The minimum atomic E-state index is -0.401. The summed E-state index contributed by atoms with van der Waals surface area (Å²) in [6, 6.07) is 10.1. The van der Waals surface area contributed by atoms with Crippen molar-refractivity contribution in [3.63, 3.8) is 0 Å². The monoisotopic (exact) mass is 428 g/mol. The van der Waals surface area contributed by atoms with Gasteiger partial charge in [0, 0.05) is 11.1 Å². The van der Waals surface area contributed by atoms with Gasteiger partial charge in [0.25, 0.3) is 11.8 Å². The van der Waals surface area contributed by atoms with E-state index in [0.717, 1.165) is 0 Å². The number of rotatable bonds is 9. The standard InChI is InChI=1S/C24H32N2O5/c1-7-29-19-14-16(15-20(30-8-2)21(19)31-9-3)22(27)25-18-13-11-10-12-17(18)23(28)26-24(4,5)6/h10-15H,7-9H2,1-6H3,(H,25,27)(H,26,28). The van der Waals surface area contributed by atoms with Crippen LogP contribution in [0.25, 0.3) is 0 Å². The lowest BCUT2D eigenvalue weighted by Gasteiger charge is -2.21. The van der Waals surface area contributed by atoms with Crippen LogP contribution in [0.4, 0.5) is 5.69 Å². The Labute approximate surface area is 184 Å². The fourth-order valence-electron chi connectivity index (χ4n) is 2.91. The predicted octanol–water partition coefficient (Wildman–Crippen LogP) is 4.66. The van der Waals surface area contributed by atoms with Crippen molar-refractivity contribution in [3.8, 4) is 17.2 Å². The molecule has 0 aliphatic carbocycles. The zero-order valence-electron chi connectivity index (χ0n) is 19.1. The third kappa shape index (κ3) is 6.64. The number of anilines is 1. The Morgan fingerprint density at radius 3 is 1.90 bits per heavy atom. The van der Waals surface area contributed by atoms with Gasteiger partial charge in [0.15, 0.2) is 11.5 Å². The molecule has 0 heterocycles. The van der Waals surface area contributed by atoms with Crippen LogP contribution in [0.5, 0.6) is 17.2 Å². The molecule has 0 atom stereocenters. The van der Waals surface area contributed by atoms with Gasteiger partial charge in [-0.05, 0) is 65.8 Å². The molecule has 0 fully saturated rings. The van der Waals surface area contributed by atoms with Crippen molar-refractivity contribution >= 4 is 17.5 Å². The molecule has 0 bridgehead atoms. The number of carbonyl (C=O) groups excluding carboxylic acids is 2. The number of hydrogen-bond donors (Lipinski definition) is 2. The van der Waals surface area contributed by atoms with E-state index < -0.39 is 5.54 Å². The van der Waals surface area contributed by atoms with E-state index in [1.807, 2.05) is 41.5 Å². The number of ether oxygens (including phenoxy) is 3. The van der Waals surface area contributed by atoms with Gasteiger partial charge in [-0.25, -0.2) is 0 Å². The first-order valence-corrected chi connectivity index (χ1v) is 10.5. The highest BCUT2D eigenvalue weighted by Crippen LogP contribution is 2.39. The van der Waals surface area contributed by atoms with E-state index in [4.69, 9.17) is 14.2 Å². The van der Waals surface area contributed by atoms with Crippen LogP contribution in [0.3, 0.4) is 0 Å². The van der Waals surface area contributed by atoms with Gasteiger partial charge in [-0.1, -0.05) is 12.1 Å². The van der Waals surface area contributed by atoms with Crippen LogP contribution in [0.2, 0.25) is 0 Å². The normalized spacial score (nSPS) is 10.9. The molecule has 2 aromatic rings. The topological polar surface area (TPSA) is 85.9 Å². The summed E-state index contributed by atoms with van der Waals surface area (Å²) >= 11 is 0. The van der Waals surface area contributed by atoms with Gasteiger partial charge >= 0.3 is 0 Å². The molecular formula is C24H32N2O5. The zero-order valence-corrected chi connectivity index (χ0v) is 19.1. The van der Waals surface area contributed by atoms with E-state index in [1.54, 1.807) is 36.4 Å². The number of carbonyl (C=O) groups is 2. The van der Waals surface area contributed by atoms with Crippen LogP contribution >= 0.6 is 0 Å². The van der Waals surface area contributed by atoms with E-state index in [2.05, 4.69) is 10.6 Å². The fraction of sp³-hybridized carbons (Fsp3) is 0.417. The van der Waals surface area contributed by atoms with Crippen molar-refractivity contribution in [1.82, 2.24) is 5.32 Å². The van der Waals surface area contributed by atoms with Crippen LogP contribution in [-0.4, -0.2) is 37.2 Å². The number of benzene rings is 2. The lowest BCUT2D eigenvalue weighted by molar-refractivity contribution is 0.0920. The van der Waals surface area contributed by atoms with Gasteiger partial charge in [0.2, 0.25) is 5.75 Å². The van der Waals surface area contributed by atoms with Crippen molar-refractivity contribution in [2.24, 2.45) is 0 Å². The molecule has 2 amide bonds. The van der Waals surface area contributed by atoms with Gasteiger partial charge in [0.1, 0.15) is 0 Å². The molecule has 168 valence electrons. The second-order valence-corrected chi connectivity index (χ2v) is 7.80. The molecule has 7 nitrogen and oxygen atoms in total. The predicted molar refractivity (Wildman–Crippen MR) is 122 cm³/mol. The van der Waals surface area contributed by atoms with E-state index in [0.29, 0.717) is 53.9 Å². The maximum Gasteiger partial charge on any atom is 0.255 e. The molecular weight excluding hydrogens is 396 g/mol. The Hall–Kier alpha value is -3.22. The minimum absolute atomic E-state index is 0.264. The van der Waals surface area contributed by atoms with E-state index in [9.17, 15) is 9.59 Å². The van der Waals surface area contributed by atoms with Crippen LogP contribution in [0.15, 0.2) is 36.4 Å². The van der Waals surface area contributed by atoms with E-state index in [-0.39, 0.29) is 11.8 Å². The second-order valence-electron chi connectivity index (χ2n) is 7.80. The minimum Gasteiger partial charge on any atom is -0.490 e. The molecule has 0 aromatic heterocycles. The zero-order chi connectivity index (χ0) is 23.0. The van der Waals surface area contributed by atoms with Gasteiger partial charge in [0.05, 0.1) is 31.1 Å². The van der Waals surface area contributed by atoms with Crippen molar-refractivity contribution in [3.05, 3.63) is 47.5 Å². The largest absolute Gasteiger partial charge is 0.490 e. The smallest absolute Gasteiger partial charge is 0.255 e. The Morgan fingerprint density at radius 2 is 1.39 bits per heavy atom. The summed E-state index contributed by atoms with van der Waals surface area (Å²) in [4.78, 5) is 25.7. The first kappa shape index (κ1) is 24.1. The second kappa shape index (κ2) is 10.7. The molecule has 0 spiro atoms. The summed E-state index contributed by atoms with van der Waals surface area (Å²) in [6.45, 7) is 12.5. The maximum absolute atomic E-state index is 13.1. The lowest BCUT2D eigenvalue weighted by atomic mass is 10.1. The molecule has 2 rings (SSSR count). The van der Waals surface area contributed by atoms with E-state index >= 15 is 0 Å². The Bertz CT molecular complexity index is 891. The maximum atomic E-state index is 13.1. The van der Waals surface area contributed by atoms with E-state index in [1.165, 1.54) is 0 Å². The number of para-hydroxylation sites is 1. The van der Waals surface area contributed by atoms with Crippen molar-refractivity contribution in [2.75, 3.05) is 25.1 Å². The summed E-state index contributed by atoms with van der Waals surface area (Å²) in [5.41, 5.74) is 0.731. The lowest BCUT2D eigenvalue weighted by Crippen LogP contribution is -2.40. The highest BCUT2D eigenvalue weighted by Gasteiger charge is 2.21. The summed E-state index contributed by atoms with van der Waals surface area (Å²) in [6.07, 6.45) is 0. The average molecular weight is 429 g/mol. The molecule has 31 heavy (non-hydrogen) atoms. The SMILES string of the molecule is CCOc1cc(C(=O)Nc2ccccc2C(=O)NC(C)(C)C)cc(OCC)c1OCC. The molecule has 7 heteroatoms. The number of amides is 2. The molecule has 0 aliphatic rings. The summed E-state index contributed by atoms with van der Waals surface area (Å²) in [7, 11) is 0. The Kier molecular flexibility index (Phi) is 8.30. The fourth-order valence-corrected chi connectivity index (χ4v) is 2.91. The highest BCUT2D eigenvalue weighted by atomic mass is 16.5. The van der Waals surface area contributed by atoms with Crippen LogP contribution in [-0.2, 0) is 0 Å². The number of hydrogen-bond acceptors (Lipinski definition) is 5. The first-order valence-electron chi connectivity index (χ1n) is 10.5. The molecule has 0 unspecified atom stereocenters. The van der Waals surface area contributed by atoms with Gasteiger partial charge in [-0.2, -0.15) is 0 Å². The molecule has 0 radical (unpaired) electrons. The molecule has 0 saturated heterocycles. The summed E-state index contributed by atoms with van der Waals surface area (Å²) < 4.78 is 17.1. The van der Waals surface area contributed by atoms with Crippen LogP contribution in [0.1, 0.15) is 62.3 Å². The summed E-state index contributed by atoms with van der Waals surface area (Å²) in [5.74, 6) is 0.673. The van der Waals surface area contributed by atoms with Gasteiger partial charge in [-0.3, -0.25) is 9.59 Å². The third-order valence-electron chi connectivity index (χ3n) is 4.08. The quantitative estimate of drug-likeness (QED) is 0.607. The van der Waals surface area contributed by atoms with Crippen LogP contribution < -0.4 is 24.8 Å². The first-order chi connectivity index (χ1) is 14.7. The molecule has 0 saturated carbocycles. The average Bonchev–Trinajstić information content (AvgIpc) is 2.69. The van der Waals surface area contributed by atoms with Crippen molar-refractivity contribution in [1.29, 1.82) is 0 Å². The van der Waals surface area contributed by atoms with Gasteiger partial charge in [-0.15, -0.1) is 0 Å². The third-order valence-corrected chi connectivity index (χ3v) is 4.08. The highest BCUT2D eigenvalue weighted by molar-refractivity contribution is 6.09. The van der Waals surface area contributed by atoms with Crippen molar-refractivity contribution < 1.29 is 23.8 Å². The van der Waals surface area contributed by atoms with Crippen LogP contribution in [0, 0.1) is 0 Å². The Morgan fingerprint density at radius 1 is 0.839 bits per heavy atom. The molecule has 2 aromatic carbocycles. The molecule has 2 N–H and O–H groups in total. The molecule has 0 aliphatic heterocycles. The summed E-state index contributed by atoms with van der Waals surface area (Å²) in [5, 5.41) is 5.75. The number of nitrogens with one attached hydrogen (secondary N) is 2. The Balaban J connectivity index is 2.39. The van der Waals surface area contributed by atoms with Crippen molar-refractivity contribution in [2.45, 2.75) is 47.1 Å². The van der Waals surface area contributed by atoms with Gasteiger partial charge < -0.3 is 24.8 Å².